The summed E-state index contributed by atoms with van der Waals surface area (Å²) in [4.78, 5) is 25.1. The Hall–Kier alpha value is -3.80. The lowest BCUT2D eigenvalue weighted by Gasteiger charge is -2.61. The van der Waals surface area contributed by atoms with Crippen molar-refractivity contribution in [3.63, 3.8) is 0 Å². The number of hydrogen-bond donors (Lipinski definition) is 0. The number of ether oxygens (including phenoxy) is 3. The summed E-state index contributed by atoms with van der Waals surface area (Å²) in [5.74, 6) is 0.239. The third-order valence-electron chi connectivity index (χ3n) is 7.00. The fourth-order valence-corrected chi connectivity index (χ4v) is 5.60. The van der Waals surface area contributed by atoms with Gasteiger partial charge < -0.3 is 18.6 Å². The molecule has 174 valence electrons. The highest BCUT2D eigenvalue weighted by Gasteiger charge is 2.69. The fourth-order valence-electron chi connectivity index (χ4n) is 5.60. The minimum absolute atomic E-state index is 0.119. The molecule has 5 rings (SSSR count). The Morgan fingerprint density at radius 1 is 0.882 bits per heavy atom. The minimum Gasteiger partial charge on any atom is -0.500 e. The highest BCUT2D eigenvalue weighted by molar-refractivity contribution is 5.85. The van der Waals surface area contributed by atoms with Crippen LogP contribution in [0.15, 0.2) is 93.8 Å². The monoisotopic (exact) mass is 458 g/mol. The van der Waals surface area contributed by atoms with Crippen molar-refractivity contribution < 1.29 is 23.4 Å². The van der Waals surface area contributed by atoms with Crippen molar-refractivity contribution in [2.45, 2.75) is 30.3 Å². The number of carbonyl (C=O) groups excluding carboxylic acids is 1. The predicted octanol–water partition coefficient (Wildman–Crippen LogP) is 4.60. The van der Waals surface area contributed by atoms with E-state index in [1.165, 1.54) is 19.3 Å². The van der Waals surface area contributed by atoms with E-state index in [-0.39, 0.29) is 11.8 Å². The zero-order chi connectivity index (χ0) is 23.7. The molecule has 0 spiro atoms. The van der Waals surface area contributed by atoms with Crippen LogP contribution in [-0.4, -0.2) is 25.8 Å². The predicted molar refractivity (Wildman–Crippen MR) is 126 cm³/mol. The van der Waals surface area contributed by atoms with Crippen LogP contribution in [-0.2, 0) is 20.7 Å². The van der Waals surface area contributed by atoms with E-state index in [0.717, 1.165) is 11.1 Å². The van der Waals surface area contributed by atoms with Crippen LogP contribution in [0.2, 0.25) is 0 Å². The van der Waals surface area contributed by atoms with Crippen LogP contribution in [0.25, 0.3) is 0 Å². The average molecular weight is 459 g/mol. The second-order valence-electron chi connectivity index (χ2n) is 8.72. The van der Waals surface area contributed by atoms with Gasteiger partial charge in [-0.1, -0.05) is 60.7 Å². The summed E-state index contributed by atoms with van der Waals surface area (Å²) in [6, 6.07) is 23.1. The smallest absolute Gasteiger partial charge is 0.339 e. The first-order valence-corrected chi connectivity index (χ1v) is 11.3. The van der Waals surface area contributed by atoms with Gasteiger partial charge in [0.2, 0.25) is 0 Å². The fraction of sp³-hybridized carbons (Fsp3) is 0.286. The summed E-state index contributed by atoms with van der Waals surface area (Å²) in [6.45, 7) is 0. The van der Waals surface area contributed by atoms with Crippen molar-refractivity contribution >= 4 is 5.97 Å². The van der Waals surface area contributed by atoms with E-state index >= 15 is 0 Å². The first-order chi connectivity index (χ1) is 16.6. The Morgan fingerprint density at radius 3 is 2.26 bits per heavy atom. The summed E-state index contributed by atoms with van der Waals surface area (Å²) in [5.41, 5.74) is 0.747. The van der Waals surface area contributed by atoms with Gasteiger partial charge in [0.05, 0.1) is 38.2 Å². The number of rotatable bonds is 7. The standard InChI is InChI=1S/C28H26O6/c1-31-20-15-22(33-23(29)16-20)27-25(19-11-7-4-8-12-19)26-21(32-2)17-24(30)34-28(26,27)14-13-18-9-5-3-6-10-18/h3-12,15-17,25-27H,13-14H2,1-2H3/t25-,26+,27+,28+/m0/s1. The number of fused-ring (bicyclic) bond motifs is 1. The number of aryl methyl sites for hydroxylation is 1. The van der Waals surface area contributed by atoms with Gasteiger partial charge >= 0.3 is 11.6 Å². The van der Waals surface area contributed by atoms with Crippen molar-refractivity contribution in [1.82, 2.24) is 0 Å². The largest absolute Gasteiger partial charge is 0.500 e. The van der Waals surface area contributed by atoms with E-state index in [1.54, 1.807) is 13.2 Å². The molecule has 2 heterocycles. The molecule has 6 nitrogen and oxygen atoms in total. The lowest BCUT2D eigenvalue weighted by Crippen LogP contribution is -2.64. The van der Waals surface area contributed by atoms with Gasteiger partial charge in [0.1, 0.15) is 22.9 Å². The molecule has 0 unspecified atom stereocenters. The number of methoxy groups -OCH3 is 2. The Labute approximate surface area is 197 Å². The van der Waals surface area contributed by atoms with E-state index in [0.29, 0.717) is 30.1 Å². The van der Waals surface area contributed by atoms with E-state index in [9.17, 15) is 9.59 Å². The van der Waals surface area contributed by atoms with Crippen LogP contribution in [0.4, 0.5) is 0 Å². The highest BCUT2D eigenvalue weighted by atomic mass is 16.6. The Kier molecular flexibility index (Phi) is 5.74. The summed E-state index contributed by atoms with van der Waals surface area (Å²) in [7, 11) is 3.09. The van der Waals surface area contributed by atoms with Crippen LogP contribution in [0.3, 0.4) is 0 Å². The highest BCUT2D eigenvalue weighted by Crippen LogP contribution is 2.67. The molecule has 0 saturated heterocycles. The Balaban J connectivity index is 1.66. The first kappa shape index (κ1) is 22.0. The maximum absolute atomic E-state index is 12.8. The molecule has 1 aliphatic heterocycles. The third kappa shape index (κ3) is 3.69. The summed E-state index contributed by atoms with van der Waals surface area (Å²) < 4.78 is 23.0. The van der Waals surface area contributed by atoms with E-state index in [4.69, 9.17) is 18.6 Å². The molecule has 3 aromatic rings. The van der Waals surface area contributed by atoms with Crippen LogP contribution in [0.5, 0.6) is 5.75 Å². The number of benzene rings is 2. The van der Waals surface area contributed by atoms with Crippen LogP contribution in [0, 0.1) is 5.92 Å². The van der Waals surface area contributed by atoms with Gasteiger partial charge in [0, 0.05) is 12.0 Å². The van der Waals surface area contributed by atoms with Crippen molar-refractivity contribution in [1.29, 1.82) is 0 Å². The maximum Gasteiger partial charge on any atom is 0.339 e. The molecule has 4 atom stereocenters. The molecular weight excluding hydrogens is 432 g/mol. The van der Waals surface area contributed by atoms with Gasteiger partial charge in [-0.15, -0.1) is 0 Å². The Bertz CT molecular complexity index is 1260. The maximum atomic E-state index is 12.8. The topological polar surface area (TPSA) is 75.0 Å². The van der Waals surface area contributed by atoms with Crippen LogP contribution < -0.4 is 10.4 Å². The molecule has 1 aromatic heterocycles. The molecule has 0 amide bonds. The molecular formula is C28H26O6. The summed E-state index contributed by atoms with van der Waals surface area (Å²) in [6.07, 6.45) is 2.66. The lowest BCUT2D eigenvalue weighted by molar-refractivity contribution is -0.201. The number of esters is 1. The van der Waals surface area contributed by atoms with Gasteiger partial charge in [-0.05, 0) is 24.0 Å². The molecule has 1 aliphatic carbocycles. The number of carbonyl (C=O) groups is 1. The third-order valence-corrected chi connectivity index (χ3v) is 7.00. The minimum atomic E-state index is -0.935. The molecule has 1 fully saturated rings. The van der Waals surface area contributed by atoms with Crippen molar-refractivity contribution in [3.8, 4) is 5.75 Å². The van der Waals surface area contributed by atoms with Crippen molar-refractivity contribution in [2.75, 3.05) is 14.2 Å². The van der Waals surface area contributed by atoms with Gasteiger partial charge in [0.25, 0.3) is 0 Å². The molecule has 0 radical (unpaired) electrons. The first-order valence-electron chi connectivity index (χ1n) is 11.3. The van der Waals surface area contributed by atoms with Crippen molar-refractivity contribution in [3.05, 3.63) is 112 Å². The average Bonchev–Trinajstić information content (AvgIpc) is 2.85. The van der Waals surface area contributed by atoms with E-state index < -0.39 is 23.1 Å². The van der Waals surface area contributed by atoms with Gasteiger partial charge in [-0.2, -0.15) is 0 Å². The molecule has 2 aliphatic rings. The Morgan fingerprint density at radius 2 is 1.59 bits per heavy atom. The van der Waals surface area contributed by atoms with Gasteiger partial charge in [-0.3, -0.25) is 0 Å². The van der Waals surface area contributed by atoms with E-state index in [1.807, 2.05) is 48.5 Å². The van der Waals surface area contributed by atoms with Crippen molar-refractivity contribution in [2.24, 2.45) is 5.92 Å². The normalized spacial score (nSPS) is 25.4. The second kappa shape index (κ2) is 8.86. The van der Waals surface area contributed by atoms with Gasteiger partial charge in [0.15, 0.2) is 0 Å². The molecule has 1 saturated carbocycles. The van der Waals surface area contributed by atoms with E-state index in [2.05, 4.69) is 12.1 Å². The molecule has 6 heteroatoms. The lowest BCUT2D eigenvalue weighted by atomic mass is 9.48. The van der Waals surface area contributed by atoms with Gasteiger partial charge in [-0.25, -0.2) is 9.59 Å². The molecule has 0 N–H and O–H groups in total. The number of hydrogen-bond acceptors (Lipinski definition) is 6. The molecule has 2 aromatic carbocycles. The molecule has 0 bridgehead atoms. The van der Waals surface area contributed by atoms with Crippen LogP contribution in [0.1, 0.15) is 35.1 Å². The summed E-state index contributed by atoms with van der Waals surface area (Å²) in [5, 5.41) is 0. The zero-order valence-corrected chi connectivity index (χ0v) is 19.1. The SMILES string of the molecule is COC1=CC(=O)O[C@]2(CCc3ccccc3)[C@H]1[C@H](c1ccccc1)[C@H]2c1cc(OC)cc(=O)o1. The quantitative estimate of drug-likeness (QED) is 0.482. The second-order valence-corrected chi connectivity index (χ2v) is 8.72. The molecule has 34 heavy (non-hydrogen) atoms. The summed E-state index contributed by atoms with van der Waals surface area (Å²) >= 11 is 0. The zero-order valence-electron chi connectivity index (χ0n) is 19.1. The van der Waals surface area contributed by atoms with Crippen LogP contribution >= 0.6 is 0 Å².